The molecule has 10 heteroatoms. The number of alkyl halides is 3. The van der Waals surface area contributed by atoms with Gasteiger partial charge in [0.05, 0.1) is 5.69 Å². The van der Waals surface area contributed by atoms with Crippen molar-refractivity contribution in [1.82, 2.24) is 14.1 Å². The Hall–Kier alpha value is -3.30. The maximum atomic E-state index is 12.7. The van der Waals surface area contributed by atoms with Crippen LogP contribution in [0.5, 0.6) is 5.75 Å². The van der Waals surface area contributed by atoms with Crippen LogP contribution in [0.4, 0.5) is 24.5 Å². The lowest BCUT2D eigenvalue weighted by molar-refractivity contribution is -0.274. The molecule has 3 aromatic rings. The highest BCUT2D eigenvalue weighted by atomic mass is 19.4. The van der Waals surface area contributed by atoms with Crippen LogP contribution < -0.4 is 21.3 Å². The smallest absolute Gasteiger partial charge is 0.406 e. The van der Waals surface area contributed by atoms with Crippen LogP contribution in [0.3, 0.4) is 0 Å². The number of aryl methyl sites for hydroxylation is 2. The molecule has 0 amide bonds. The summed E-state index contributed by atoms with van der Waals surface area (Å²) in [5.41, 5.74) is 0.818. The number of anilines is 2. The van der Waals surface area contributed by atoms with Crippen molar-refractivity contribution in [2.24, 2.45) is 14.1 Å². The first-order valence-electron chi connectivity index (χ1n) is 8.32. The summed E-state index contributed by atoms with van der Waals surface area (Å²) in [6, 6.07) is 5.13. The second-order valence-electron chi connectivity index (χ2n) is 6.11. The molecule has 28 heavy (non-hydrogen) atoms. The molecule has 0 radical (unpaired) electrons. The molecule has 0 fully saturated rings. The quantitative estimate of drug-likeness (QED) is 0.736. The largest absolute Gasteiger partial charge is 0.573 e. The molecular formula is C18H17F3N4O3. The summed E-state index contributed by atoms with van der Waals surface area (Å²) >= 11 is 0. The standard InChI is InChI=1S/C18H17F3N4O3/c1-4-10-9-22-15-13(16(26)25(3)17(27)24(15)2)14(10)23-11-5-7-12(8-6-11)28-18(19,20)21/h5-9H,4H2,1-3H3,(H,22,23). The zero-order valence-corrected chi connectivity index (χ0v) is 15.3. The summed E-state index contributed by atoms with van der Waals surface area (Å²) in [7, 11) is 2.88. The molecule has 0 aliphatic rings. The fraction of sp³-hybridized carbons (Fsp3) is 0.278. The molecule has 3 rings (SSSR count). The number of pyridine rings is 1. The normalized spacial score (nSPS) is 11.6. The second-order valence-corrected chi connectivity index (χ2v) is 6.11. The summed E-state index contributed by atoms with van der Waals surface area (Å²) in [5.74, 6) is -0.355. The number of halogens is 3. The van der Waals surface area contributed by atoms with E-state index in [2.05, 4.69) is 15.0 Å². The number of benzene rings is 1. The number of hydrogen-bond acceptors (Lipinski definition) is 5. The van der Waals surface area contributed by atoms with E-state index in [0.717, 1.165) is 10.1 Å². The number of nitrogens with zero attached hydrogens (tertiary/aromatic N) is 3. The number of nitrogens with one attached hydrogen (secondary N) is 1. The van der Waals surface area contributed by atoms with Crippen molar-refractivity contribution in [3.8, 4) is 5.75 Å². The molecule has 0 atom stereocenters. The van der Waals surface area contributed by atoms with Crippen LogP contribution in [-0.4, -0.2) is 20.5 Å². The Balaban J connectivity index is 2.12. The molecule has 1 N–H and O–H groups in total. The fourth-order valence-corrected chi connectivity index (χ4v) is 2.86. The van der Waals surface area contributed by atoms with Gasteiger partial charge in [-0.05, 0) is 36.2 Å². The van der Waals surface area contributed by atoms with Crippen LogP contribution in [-0.2, 0) is 20.5 Å². The Morgan fingerprint density at radius 1 is 1.11 bits per heavy atom. The highest BCUT2D eigenvalue weighted by Gasteiger charge is 2.31. The van der Waals surface area contributed by atoms with Gasteiger partial charge in [-0.15, -0.1) is 13.2 Å². The van der Waals surface area contributed by atoms with E-state index in [1.165, 1.54) is 42.9 Å². The molecule has 0 aliphatic heterocycles. The third kappa shape index (κ3) is 3.57. The van der Waals surface area contributed by atoms with Crippen molar-refractivity contribution in [3.63, 3.8) is 0 Å². The van der Waals surface area contributed by atoms with Crippen LogP contribution >= 0.6 is 0 Å². The topological polar surface area (TPSA) is 78.2 Å². The first kappa shape index (κ1) is 19.5. The Bertz CT molecular complexity index is 1150. The van der Waals surface area contributed by atoms with E-state index in [4.69, 9.17) is 0 Å². The van der Waals surface area contributed by atoms with Crippen molar-refractivity contribution in [1.29, 1.82) is 0 Å². The SMILES string of the molecule is CCc1cnc2c(c1Nc1ccc(OC(F)(F)F)cc1)c(=O)n(C)c(=O)n2C. The van der Waals surface area contributed by atoms with Gasteiger partial charge in [0.2, 0.25) is 0 Å². The Labute approximate surface area is 157 Å². The van der Waals surface area contributed by atoms with Crippen LogP contribution in [0.25, 0.3) is 11.0 Å². The molecule has 2 heterocycles. The Morgan fingerprint density at radius 2 is 1.75 bits per heavy atom. The van der Waals surface area contributed by atoms with Gasteiger partial charge in [0.15, 0.2) is 5.65 Å². The molecule has 0 aliphatic carbocycles. The lowest BCUT2D eigenvalue weighted by atomic mass is 10.1. The van der Waals surface area contributed by atoms with Crippen molar-refractivity contribution in [2.75, 3.05) is 5.32 Å². The summed E-state index contributed by atoms with van der Waals surface area (Å²) in [6.45, 7) is 1.88. The average molecular weight is 394 g/mol. The third-order valence-corrected chi connectivity index (χ3v) is 4.29. The van der Waals surface area contributed by atoms with E-state index in [-0.39, 0.29) is 16.8 Å². The monoisotopic (exact) mass is 394 g/mol. The number of hydrogen-bond donors (Lipinski definition) is 1. The molecule has 7 nitrogen and oxygen atoms in total. The zero-order valence-electron chi connectivity index (χ0n) is 15.3. The summed E-state index contributed by atoms with van der Waals surface area (Å²) in [6.07, 6.45) is -2.67. The second kappa shape index (κ2) is 7.02. The minimum absolute atomic E-state index is 0.213. The Kier molecular flexibility index (Phi) is 4.88. The van der Waals surface area contributed by atoms with Crippen LogP contribution in [0.15, 0.2) is 40.1 Å². The number of fused-ring (bicyclic) bond motifs is 1. The molecule has 2 aromatic heterocycles. The number of aromatic nitrogens is 3. The van der Waals surface area contributed by atoms with E-state index in [1.54, 1.807) is 6.20 Å². The van der Waals surface area contributed by atoms with E-state index in [1.807, 2.05) is 6.92 Å². The minimum atomic E-state index is -4.78. The highest BCUT2D eigenvalue weighted by molar-refractivity contribution is 5.92. The van der Waals surface area contributed by atoms with Gasteiger partial charge in [0, 0.05) is 26.0 Å². The highest BCUT2D eigenvalue weighted by Crippen LogP contribution is 2.29. The predicted molar refractivity (Wildman–Crippen MR) is 98.0 cm³/mol. The molecular weight excluding hydrogens is 377 g/mol. The molecule has 0 saturated heterocycles. The molecule has 0 saturated carbocycles. The van der Waals surface area contributed by atoms with Crippen LogP contribution in [0, 0.1) is 0 Å². The lowest BCUT2D eigenvalue weighted by Gasteiger charge is -2.16. The van der Waals surface area contributed by atoms with Gasteiger partial charge in [0.1, 0.15) is 11.1 Å². The van der Waals surface area contributed by atoms with Crippen molar-refractivity contribution in [2.45, 2.75) is 19.7 Å². The number of ether oxygens (including phenoxy) is 1. The molecule has 1 aromatic carbocycles. The van der Waals surface area contributed by atoms with Crippen molar-refractivity contribution < 1.29 is 17.9 Å². The average Bonchev–Trinajstić information content (AvgIpc) is 2.64. The zero-order chi connectivity index (χ0) is 20.6. The van der Waals surface area contributed by atoms with Gasteiger partial charge in [0.25, 0.3) is 5.56 Å². The predicted octanol–water partition coefficient (Wildman–Crippen LogP) is 2.84. The molecule has 0 bridgehead atoms. The van der Waals surface area contributed by atoms with E-state index in [9.17, 15) is 22.8 Å². The first-order valence-corrected chi connectivity index (χ1v) is 8.32. The van der Waals surface area contributed by atoms with E-state index >= 15 is 0 Å². The summed E-state index contributed by atoms with van der Waals surface area (Å²) in [5, 5.41) is 3.29. The van der Waals surface area contributed by atoms with Gasteiger partial charge in [-0.25, -0.2) is 9.78 Å². The van der Waals surface area contributed by atoms with Gasteiger partial charge >= 0.3 is 12.1 Å². The summed E-state index contributed by atoms with van der Waals surface area (Å²) in [4.78, 5) is 29.1. The van der Waals surface area contributed by atoms with Gasteiger partial charge in [-0.2, -0.15) is 0 Å². The van der Waals surface area contributed by atoms with Crippen molar-refractivity contribution >= 4 is 22.4 Å². The summed E-state index contributed by atoms with van der Waals surface area (Å²) < 4.78 is 43.0. The van der Waals surface area contributed by atoms with Gasteiger partial charge in [-0.1, -0.05) is 6.92 Å². The first-order chi connectivity index (χ1) is 13.1. The van der Waals surface area contributed by atoms with Crippen LogP contribution in [0.2, 0.25) is 0 Å². The molecule has 0 unspecified atom stereocenters. The fourth-order valence-electron chi connectivity index (χ4n) is 2.86. The molecule has 0 spiro atoms. The Morgan fingerprint density at radius 3 is 2.32 bits per heavy atom. The number of rotatable bonds is 4. The van der Waals surface area contributed by atoms with Gasteiger partial charge < -0.3 is 10.1 Å². The molecule has 148 valence electrons. The maximum absolute atomic E-state index is 12.7. The minimum Gasteiger partial charge on any atom is -0.406 e. The maximum Gasteiger partial charge on any atom is 0.573 e. The third-order valence-electron chi connectivity index (χ3n) is 4.29. The lowest BCUT2D eigenvalue weighted by Crippen LogP contribution is -2.37. The van der Waals surface area contributed by atoms with Crippen molar-refractivity contribution in [3.05, 3.63) is 56.9 Å². The van der Waals surface area contributed by atoms with E-state index in [0.29, 0.717) is 17.8 Å². The van der Waals surface area contributed by atoms with Gasteiger partial charge in [-0.3, -0.25) is 13.9 Å². The van der Waals surface area contributed by atoms with Crippen LogP contribution in [0.1, 0.15) is 12.5 Å². The van der Waals surface area contributed by atoms with E-state index < -0.39 is 17.6 Å².